The highest BCUT2D eigenvalue weighted by atomic mass is 79.9. The number of anilines is 1. The number of aromatic nitrogens is 1. The van der Waals surface area contributed by atoms with E-state index in [1.165, 1.54) is 4.90 Å². The van der Waals surface area contributed by atoms with Crippen LogP contribution in [-0.2, 0) is 9.53 Å². The van der Waals surface area contributed by atoms with Crippen molar-refractivity contribution in [1.29, 1.82) is 0 Å². The molecule has 2 amide bonds. The largest absolute Gasteiger partial charge is 0.444 e. The molecule has 1 aromatic rings. The van der Waals surface area contributed by atoms with Gasteiger partial charge in [-0.05, 0) is 61.7 Å². The third-order valence-corrected chi connectivity index (χ3v) is 5.05. The number of hydrogen-bond donors (Lipinski definition) is 2. The number of likely N-dealkylation sites (tertiary alicyclic amines) is 1. The molecule has 0 radical (unpaired) electrons. The van der Waals surface area contributed by atoms with Crippen LogP contribution in [-0.4, -0.2) is 51.3 Å². The van der Waals surface area contributed by atoms with Crippen LogP contribution in [0.4, 0.5) is 10.6 Å². The molecule has 2 N–H and O–H groups in total. The van der Waals surface area contributed by atoms with Crippen LogP contribution in [0.5, 0.6) is 0 Å². The Kier molecular flexibility index (Phi) is 4.53. The Hall–Kier alpha value is -1.67. The summed E-state index contributed by atoms with van der Waals surface area (Å²) in [6.07, 6.45) is 0.599. The predicted molar refractivity (Wildman–Crippen MR) is 95.0 cm³/mol. The Morgan fingerprint density at radius 1 is 1.44 bits per heavy atom. The van der Waals surface area contributed by atoms with Gasteiger partial charge in [0.05, 0.1) is 6.61 Å². The van der Waals surface area contributed by atoms with E-state index in [-0.39, 0.29) is 24.0 Å². The summed E-state index contributed by atoms with van der Waals surface area (Å²) in [4.78, 5) is 31.0. The van der Waals surface area contributed by atoms with Gasteiger partial charge in [0, 0.05) is 11.5 Å². The molecule has 2 heterocycles. The number of nitrogens with zero attached hydrogens (tertiary/aromatic N) is 2. The van der Waals surface area contributed by atoms with Crippen LogP contribution < -0.4 is 5.32 Å². The van der Waals surface area contributed by atoms with Crippen LogP contribution in [0, 0.1) is 5.41 Å². The summed E-state index contributed by atoms with van der Waals surface area (Å²) in [6.45, 7) is 5.31. The fourth-order valence-corrected chi connectivity index (χ4v) is 3.69. The number of amides is 2. The van der Waals surface area contributed by atoms with Crippen molar-refractivity contribution in [3.63, 3.8) is 0 Å². The molecular formula is C17H22BrN3O4. The average Bonchev–Trinajstić information content (AvgIpc) is 3.10. The number of rotatable bonds is 3. The first-order chi connectivity index (χ1) is 11.6. The summed E-state index contributed by atoms with van der Waals surface area (Å²) in [7, 11) is 0. The van der Waals surface area contributed by atoms with E-state index in [9.17, 15) is 14.7 Å². The molecule has 1 aromatic heterocycles. The van der Waals surface area contributed by atoms with Crippen LogP contribution in [0.25, 0.3) is 0 Å². The number of aliphatic hydroxyl groups excluding tert-OH is 1. The van der Waals surface area contributed by atoms with Crippen molar-refractivity contribution in [2.24, 2.45) is 5.41 Å². The molecule has 1 aliphatic heterocycles. The van der Waals surface area contributed by atoms with Gasteiger partial charge >= 0.3 is 6.09 Å². The Balaban J connectivity index is 1.78. The van der Waals surface area contributed by atoms with E-state index in [0.29, 0.717) is 23.3 Å². The van der Waals surface area contributed by atoms with Gasteiger partial charge in [-0.2, -0.15) is 0 Å². The molecule has 25 heavy (non-hydrogen) atoms. The standard InChI is InChI=1S/C17H22BrN3O4/c1-16(2,3)25-15(24)21-10(7-17(9-22)8-11(17)21)14(23)20-13-6-4-5-12(18)19-13/h4-6,10-11,22H,7-9H2,1-3H3,(H,19,20,23). The molecule has 1 aliphatic carbocycles. The maximum atomic E-state index is 12.7. The molecule has 2 aliphatic rings. The third-order valence-electron chi connectivity index (χ3n) is 4.61. The molecule has 3 rings (SSSR count). The number of fused-ring (bicyclic) bond motifs is 1. The maximum Gasteiger partial charge on any atom is 0.411 e. The highest BCUT2D eigenvalue weighted by Gasteiger charge is 2.67. The van der Waals surface area contributed by atoms with Crippen molar-refractivity contribution in [2.75, 3.05) is 11.9 Å². The molecule has 0 spiro atoms. The summed E-state index contributed by atoms with van der Waals surface area (Å²) in [5.74, 6) is 0.0821. The molecule has 136 valence electrons. The summed E-state index contributed by atoms with van der Waals surface area (Å²) >= 11 is 3.26. The number of piperidine rings is 1. The third kappa shape index (κ3) is 3.64. The first kappa shape index (κ1) is 18.1. The first-order valence-corrected chi connectivity index (χ1v) is 9.00. The molecule has 1 saturated carbocycles. The van der Waals surface area contributed by atoms with Gasteiger partial charge in [0.2, 0.25) is 5.91 Å². The van der Waals surface area contributed by atoms with Gasteiger partial charge in [-0.1, -0.05) is 6.07 Å². The van der Waals surface area contributed by atoms with Gasteiger partial charge in [0.15, 0.2) is 0 Å². The monoisotopic (exact) mass is 411 g/mol. The Labute approximate surface area is 154 Å². The number of aliphatic hydroxyl groups is 1. The second-order valence-corrected chi connectivity index (χ2v) is 8.50. The lowest BCUT2D eigenvalue weighted by Crippen LogP contribution is -2.47. The molecule has 3 unspecified atom stereocenters. The maximum absolute atomic E-state index is 12.7. The lowest BCUT2D eigenvalue weighted by atomic mass is 10.0. The van der Waals surface area contributed by atoms with E-state index in [1.54, 1.807) is 39.0 Å². The van der Waals surface area contributed by atoms with Crippen molar-refractivity contribution in [1.82, 2.24) is 9.88 Å². The Bertz CT molecular complexity index is 705. The average molecular weight is 412 g/mol. The van der Waals surface area contributed by atoms with E-state index >= 15 is 0 Å². The topological polar surface area (TPSA) is 91.8 Å². The highest BCUT2D eigenvalue weighted by molar-refractivity contribution is 9.10. The summed E-state index contributed by atoms with van der Waals surface area (Å²) in [6, 6.07) is 4.37. The van der Waals surface area contributed by atoms with Gasteiger partial charge < -0.3 is 15.2 Å². The van der Waals surface area contributed by atoms with E-state index in [1.807, 2.05) is 0 Å². The number of halogens is 1. The van der Waals surface area contributed by atoms with E-state index < -0.39 is 17.7 Å². The second kappa shape index (κ2) is 6.25. The van der Waals surface area contributed by atoms with E-state index in [4.69, 9.17) is 4.74 Å². The molecule has 3 atom stereocenters. The van der Waals surface area contributed by atoms with Crippen LogP contribution >= 0.6 is 15.9 Å². The number of nitrogens with one attached hydrogen (secondary N) is 1. The molecule has 1 saturated heterocycles. The Morgan fingerprint density at radius 2 is 2.16 bits per heavy atom. The van der Waals surface area contributed by atoms with Crippen molar-refractivity contribution >= 4 is 33.7 Å². The lowest BCUT2D eigenvalue weighted by Gasteiger charge is -2.29. The molecule has 0 aromatic carbocycles. The fourth-order valence-electron chi connectivity index (χ4n) is 3.35. The van der Waals surface area contributed by atoms with Crippen molar-refractivity contribution < 1.29 is 19.4 Å². The zero-order chi connectivity index (χ0) is 18.4. The quantitative estimate of drug-likeness (QED) is 0.745. The normalized spacial score (nSPS) is 27.6. The predicted octanol–water partition coefficient (Wildman–Crippen LogP) is 2.54. The molecule has 0 bridgehead atoms. The minimum Gasteiger partial charge on any atom is -0.444 e. The summed E-state index contributed by atoms with van der Waals surface area (Å²) in [5, 5.41) is 12.4. The molecule has 8 heteroatoms. The van der Waals surface area contributed by atoms with Gasteiger partial charge in [0.1, 0.15) is 22.1 Å². The first-order valence-electron chi connectivity index (χ1n) is 8.21. The number of carbonyl (C=O) groups excluding carboxylic acids is 2. The number of hydrogen-bond acceptors (Lipinski definition) is 5. The SMILES string of the molecule is CC(C)(C)OC(=O)N1C(C(=O)Nc2cccc(Br)n2)CC2(CO)CC12. The van der Waals surface area contributed by atoms with Crippen molar-refractivity contribution in [2.45, 2.75) is 51.3 Å². The van der Waals surface area contributed by atoms with E-state index in [2.05, 4.69) is 26.2 Å². The fraction of sp³-hybridized carbons (Fsp3) is 0.588. The van der Waals surface area contributed by atoms with Crippen LogP contribution in [0.1, 0.15) is 33.6 Å². The van der Waals surface area contributed by atoms with Gasteiger partial charge in [0.25, 0.3) is 0 Å². The minimum absolute atomic E-state index is 0.0458. The van der Waals surface area contributed by atoms with Crippen molar-refractivity contribution in [3.8, 4) is 0 Å². The van der Waals surface area contributed by atoms with Gasteiger partial charge in [-0.25, -0.2) is 9.78 Å². The zero-order valence-electron chi connectivity index (χ0n) is 14.5. The summed E-state index contributed by atoms with van der Waals surface area (Å²) in [5.41, 5.74) is -1.03. The van der Waals surface area contributed by atoms with Crippen LogP contribution in [0.2, 0.25) is 0 Å². The van der Waals surface area contributed by atoms with Crippen LogP contribution in [0.15, 0.2) is 22.8 Å². The van der Waals surface area contributed by atoms with Gasteiger partial charge in [-0.15, -0.1) is 0 Å². The van der Waals surface area contributed by atoms with Gasteiger partial charge in [-0.3, -0.25) is 9.69 Å². The minimum atomic E-state index is -0.679. The summed E-state index contributed by atoms with van der Waals surface area (Å²) < 4.78 is 6.07. The highest BCUT2D eigenvalue weighted by Crippen LogP contribution is 2.59. The number of pyridine rings is 1. The zero-order valence-corrected chi connectivity index (χ0v) is 16.0. The van der Waals surface area contributed by atoms with Crippen LogP contribution in [0.3, 0.4) is 0 Å². The second-order valence-electron chi connectivity index (χ2n) is 7.68. The number of carbonyl (C=O) groups is 2. The van der Waals surface area contributed by atoms with E-state index in [0.717, 1.165) is 0 Å². The number of ether oxygens (including phenoxy) is 1. The molecule has 2 fully saturated rings. The smallest absolute Gasteiger partial charge is 0.411 e. The Morgan fingerprint density at radius 3 is 2.76 bits per heavy atom. The lowest BCUT2D eigenvalue weighted by molar-refractivity contribution is -0.121. The van der Waals surface area contributed by atoms with Crippen molar-refractivity contribution in [3.05, 3.63) is 22.8 Å². The molecular weight excluding hydrogens is 390 g/mol. The molecule has 7 nitrogen and oxygen atoms in total.